The number of ketones is 3. The van der Waals surface area contributed by atoms with Gasteiger partial charge in [-0.15, -0.1) is 12.3 Å². The van der Waals surface area contributed by atoms with Gasteiger partial charge in [-0.05, 0) is 202 Å². The molecule has 1 aliphatic rings. The van der Waals surface area contributed by atoms with Crippen LogP contribution >= 0.6 is 15.9 Å². The number of ether oxygens (including phenoxy) is 2. The molecule has 6 rings (SSSR count). The zero-order valence-electron chi connectivity index (χ0n) is 56.5. The summed E-state index contributed by atoms with van der Waals surface area (Å²) >= 11 is 3.14. The molecule has 9 N–H and O–H groups in total. The maximum atomic E-state index is 14.6. The molecular weight excluding hydrogens is 1270 g/mol. The number of fused-ring (bicyclic) bond motifs is 5. The molecule has 21 heteroatoms. The van der Waals surface area contributed by atoms with Crippen LogP contribution in [0.2, 0.25) is 0 Å². The number of carboxylic acid groups (broad SMARTS) is 2. The first-order valence-corrected chi connectivity index (χ1v) is 31.5. The normalized spacial score (nSPS) is 14.5. The molecule has 0 unspecified atom stereocenters. The quantitative estimate of drug-likeness (QED) is 0.0270. The van der Waals surface area contributed by atoms with Gasteiger partial charge in [-0.1, -0.05) is 38.3 Å². The topological polar surface area (TPSA) is 334 Å². The highest BCUT2D eigenvalue weighted by molar-refractivity contribution is 9.10. The van der Waals surface area contributed by atoms with Crippen molar-refractivity contribution in [2.45, 2.75) is 148 Å². The van der Waals surface area contributed by atoms with Crippen LogP contribution in [0.3, 0.4) is 0 Å². The third kappa shape index (κ3) is 27.4. The Hall–Kier alpha value is -9.09. The second-order valence-electron chi connectivity index (χ2n) is 25.5. The number of likely N-dealkylation sites (N-methyl/N-ethyl adjacent to an activating group) is 1. The van der Waals surface area contributed by atoms with E-state index < -0.39 is 53.5 Å². The molecule has 0 saturated heterocycles. The maximum absolute atomic E-state index is 14.6. The Morgan fingerprint density at radius 1 is 0.716 bits per heavy atom. The van der Waals surface area contributed by atoms with Crippen LogP contribution in [-0.4, -0.2) is 117 Å². The van der Waals surface area contributed by atoms with Crippen LogP contribution in [0, 0.1) is 96.2 Å². The van der Waals surface area contributed by atoms with E-state index in [9.17, 15) is 38.8 Å². The Morgan fingerprint density at radius 3 is 1.65 bits per heavy atom. The molecule has 0 saturated carbocycles. The number of carbonyl (C=O) groups excluding carboxylic acids is 5. The van der Waals surface area contributed by atoms with E-state index in [0.717, 1.165) is 0 Å². The number of Topliss-reactive ketones (excluding diaryl/α,β-unsaturated/α-hetero) is 3. The minimum atomic E-state index is -1.22. The van der Waals surface area contributed by atoms with E-state index in [0.29, 0.717) is 72.4 Å². The predicted molar refractivity (Wildman–Crippen MR) is 373 cm³/mol. The highest BCUT2D eigenvalue weighted by Gasteiger charge is 2.36. The number of nitrogens with two attached hydrogens (primary N) is 3. The smallest absolute Gasteiger partial charge is 0.337 e. The van der Waals surface area contributed by atoms with Crippen molar-refractivity contribution in [2.24, 2.45) is 45.3 Å². The van der Waals surface area contributed by atoms with E-state index >= 15 is 0 Å². The van der Waals surface area contributed by atoms with Crippen molar-refractivity contribution in [2.75, 3.05) is 39.9 Å². The number of carbonyl (C=O) groups is 7. The van der Waals surface area contributed by atoms with Crippen LogP contribution in [0.5, 0.6) is 11.5 Å². The zero-order chi connectivity index (χ0) is 70.8. The summed E-state index contributed by atoms with van der Waals surface area (Å²) in [4.78, 5) is 105. The lowest BCUT2D eigenvalue weighted by molar-refractivity contribution is -0.142. The number of aryl methyl sites for hydroxylation is 3. The van der Waals surface area contributed by atoms with Gasteiger partial charge in [0, 0.05) is 96.3 Å². The van der Waals surface area contributed by atoms with Gasteiger partial charge in [0.15, 0.2) is 17.3 Å². The maximum Gasteiger partial charge on any atom is 0.337 e. The number of aromatic nitrogens is 3. The first-order chi connectivity index (χ1) is 44.0. The van der Waals surface area contributed by atoms with E-state index in [4.69, 9.17) is 43.3 Å². The fourth-order valence-electron chi connectivity index (χ4n) is 9.02. The van der Waals surface area contributed by atoms with E-state index in [1.54, 1.807) is 82.3 Å². The number of terminal acetylenes is 1. The zero-order valence-corrected chi connectivity index (χ0v) is 58.1. The number of hydrogen-bond donors (Lipinski definition) is 6. The Labute approximate surface area is 569 Å². The number of amides is 2. The largest absolute Gasteiger partial charge is 0.492 e. The molecule has 2 amide bonds. The van der Waals surface area contributed by atoms with E-state index in [1.165, 1.54) is 24.1 Å². The van der Waals surface area contributed by atoms with Gasteiger partial charge in [0.2, 0.25) is 11.8 Å². The van der Waals surface area contributed by atoms with Crippen molar-refractivity contribution in [1.29, 1.82) is 5.26 Å². The van der Waals surface area contributed by atoms with Crippen molar-refractivity contribution in [3.05, 3.63) is 134 Å². The molecule has 2 aromatic carbocycles. The van der Waals surface area contributed by atoms with Crippen molar-refractivity contribution in [3.63, 3.8) is 0 Å². The molecule has 508 valence electrons. The van der Waals surface area contributed by atoms with Gasteiger partial charge in [0.1, 0.15) is 46.7 Å². The Bertz CT molecular complexity index is 3750. The predicted octanol–water partition coefficient (Wildman–Crippen LogP) is 11.0. The minimum Gasteiger partial charge on any atom is -0.492 e. The third-order valence-corrected chi connectivity index (χ3v) is 14.3. The summed E-state index contributed by atoms with van der Waals surface area (Å²) in [5.41, 5.74) is 23.1. The molecule has 20 nitrogen and oxygen atoms in total. The Balaban J connectivity index is 0.000000727. The number of benzene rings is 2. The minimum absolute atomic E-state index is 0. The van der Waals surface area contributed by atoms with Crippen LogP contribution in [0.4, 0.5) is 0 Å². The fourth-order valence-corrected chi connectivity index (χ4v) is 9.41. The Morgan fingerprint density at radius 2 is 1.20 bits per heavy atom. The summed E-state index contributed by atoms with van der Waals surface area (Å²) in [5.74, 6) is 9.82. The SMILES string of the molecule is C.C#CC(C)(C)C.Cc1nc(Br)ccc1C(=O)O.Cc1nc(C#CC(C)(C)C)ccc1C(=O)C[C@@H](CCN)C(=O)N(C)[C@@H]1C(=O)C[C@@H](C)C(=O)N[C@H](C(=O)CCC#N)Cc2ccc(OCCN)c(c2)-c2cc1ccc2OCCN.Cc1nc(C#CC(C)(C)C)ccc1C(=O)O. The van der Waals surface area contributed by atoms with Crippen LogP contribution in [0.15, 0.2) is 77.4 Å². The van der Waals surface area contributed by atoms with Crippen LogP contribution in [-0.2, 0) is 25.6 Å². The second-order valence-corrected chi connectivity index (χ2v) is 26.3. The molecule has 1 aliphatic heterocycles. The van der Waals surface area contributed by atoms with Gasteiger partial charge in [-0.3, -0.25) is 24.0 Å². The van der Waals surface area contributed by atoms with Gasteiger partial charge in [0.05, 0.1) is 34.6 Å². The molecule has 0 spiro atoms. The first kappa shape index (κ1) is 82.0. The summed E-state index contributed by atoms with van der Waals surface area (Å²) in [6, 6.07) is 19.9. The number of rotatable bonds is 18. The Kier molecular flexibility index (Phi) is 33.1. The molecule has 4 bridgehead atoms. The van der Waals surface area contributed by atoms with Crippen molar-refractivity contribution < 1.29 is 53.2 Å². The number of carboxylic acids is 2. The monoisotopic (exact) mass is 1360 g/mol. The van der Waals surface area contributed by atoms with E-state index in [2.05, 4.69) is 65.8 Å². The molecular formula is C74H94BrN9O11. The van der Waals surface area contributed by atoms with Gasteiger partial charge in [-0.25, -0.2) is 24.5 Å². The van der Waals surface area contributed by atoms with E-state index in [-0.39, 0.29) is 118 Å². The number of nitriles is 1. The number of aromatic carboxylic acids is 2. The van der Waals surface area contributed by atoms with Crippen molar-refractivity contribution in [3.8, 4) is 64.7 Å². The number of hydrogen-bond acceptors (Lipinski definition) is 16. The molecule has 95 heavy (non-hydrogen) atoms. The molecule has 0 radical (unpaired) electrons. The molecule has 3 aromatic heterocycles. The van der Waals surface area contributed by atoms with Crippen LogP contribution in [0.1, 0.15) is 185 Å². The fraction of sp³-hybridized carbons (Fsp3) is 0.446. The summed E-state index contributed by atoms with van der Waals surface area (Å²) in [7, 11) is 1.50. The summed E-state index contributed by atoms with van der Waals surface area (Å²) < 4.78 is 12.9. The lowest BCUT2D eigenvalue weighted by Crippen LogP contribution is -2.46. The van der Waals surface area contributed by atoms with Crippen molar-refractivity contribution >= 4 is 57.0 Å². The third-order valence-electron chi connectivity index (χ3n) is 13.9. The number of nitrogens with one attached hydrogen (secondary N) is 1. The molecule has 5 aromatic rings. The standard InChI is InChI=1S/C47H59N7O7.C13H15NO2.C7H6BrNO2.C6H10.CH4/c1-29-24-41(57)44(54(6)46(59)33(16-19-49)28-40(56)35-12-11-34(52-30(35)2)15-17-47(3,4)5)32-10-14-43(61-23-21-51)37(27-32)36-25-31(9-13-42(36)60-22-20-50)26-38(53-45(29)58)39(55)8-7-18-48;1-9-11(12(15)16)6-5-10(14-9)7-8-13(2,3)4;1-4-5(7(10)11)2-3-6(8)9-4;1-5-6(2,3)4;/h9-14,25,27,29,33,38,44H,7-8,16,19-24,26,28,49-51H2,1-6H3,(H,53,58);5-6H,1-4H3,(H,15,16);2-3H,1H3,(H,10,11);1H,2-4H3;1H4/t29-,33-,38+,44+;;;;/m1..../s1. The number of pyridine rings is 3. The highest BCUT2D eigenvalue weighted by atomic mass is 79.9. The average Bonchev–Trinajstić information content (AvgIpc) is 0.783. The van der Waals surface area contributed by atoms with Crippen LogP contribution in [0.25, 0.3) is 11.1 Å². The lowest BCUT2D eigenvalue weighted by Gasteiger charge is -2.32. The van der Waals surface area contributed by atoms with Crippen molar-refractivity contribution in [1.82, 2.24) is 25.2 Å². The number of nitrogens with zero attached hydrogens (tertiary/aromatic N) is 5. The number of halogens is 1. The first-order valence-electron chi connectivity index (χ1n) is 30.7. The van der Waals surface area contributed by atoms with E-state index in [1.807, 2.05) is 74.4 Å². The second kappa shape index (κ2) is 38.3. The molecule has 0 fully saturated rings. The molecule has 0 aliphatic carbocycles. The summed E-state index contributed by atoms with van der Waals surface area (Å²) in [6.45, 7) is 25.5. The van der Waals surface area contributed by atoms with Crippen LogP contribution < -0.4 is 32.0 Å². The lowest BCUT2D eigenvalue weighted by atomic mass is 9.88. The van der Waals surface area contributed by atoms with Gasteiger partial charge in [-0.2, -0.15) is 5.26 Å². The van der Waals surface area contributed by atoms with Gasteiger partial charge >= 0.3 is 11.9 Å². The molecule has 4 atom stereocenters. The summed E-state index contributed by atoms with van der Waals surface area (Å²) in [5, 5.41) is 29.5. The summed E-state index contributed by atoms with van der Waals surface area (Å²) in [6.07, 6.45) is 4.73. The molecule has 4 heterocycles. The van der Waals surface area contributed by atoms with Gasteiger partial charge in [0.25, 0.3) is 0 Å². The average molecular weight is 1370 g/mol. The van der Waals surface area contributed by atoms with Gasteiger partial charge < -0.3 is 47.1 Å². The highest BCUT2D eigenvalue weighted by Crippen LogP contribution is 2.41.